The number of anilines is 1. The van der Waals surface area contributed by atoms with Crippen LogP contribution in [0.5, 0.6) is 0 Å². The van der Waals surface area contributed by atoms with Crippen LogP contribution in [0.2, 0.25) is 0 Å². The molecule has 0 spiro atoms. The fourth-order valence-corrected chi connectivity index (χ4v) is 5.11. The number of hydrogen-bond acceptors (Lipinski definition) is 4. The maximum atomic E-state index is 12.9. The minimum Gasteiger partial charge on any atom is -0.324 e. The summed E-state index contributed by atoms with van der Waals surface area (Å²) in [4.78, 5) is 24.9. The van der Waals surface area contributed by atoms with E-state index < -0.39 is 15.6 Å². The summed E-state index contributed by atoms with van der Waals surface area (Å²) in [5.74, 6) is -0.372. The number of nitrogens with one attached hydrogen (secondary N) is 1. The van der Waals surface area contributed by atoms with Gasteiger partial charge in [-0.3, -0.25) is 9.59 Å². The number of pyridine rings is 1. The van der Waals surface area contributed by atoms with Crippen LogP contribution >= 0.6 is 0 Å². The quantitative estimate of drug-likeness (QED) is 0.782. The molecule has 1 aromatic heterocycles. The van der Waals surface area contributed by atoms with Crippen molar-refractivity contribution < 1.29 is 13.2 Å². The lowest BCUT2D eigenvalue weighted by atomic mass is 10.1. The van der Waals surface area contributed by atoms with Crippen molar-refractivity contribution in [2.45, 2.75) is 51.0 Å². The van der Waals surface area contributed by atoms with E-state index in [1.807, 2.05) is 32.0 Å². The van der Waals surface area contributed by atoms with E-state index in [-0.39, 0.29) is 17.3 Å². The smallest absolute Gasteiger partial charge is 0.251 e. The first kappa shape index (κ1) is 21.3. The van der Waals surface area contributed by atoms with E-state index >= 15 is 0 Å². The zero-order chi connectivity index (χ0) is 21.0. The summed E-state index contributed by atoms with van der Waals surface area (Å²) in [6, 6.07) is 8.31. The van der Waals surface area contributed by atoms with Crippen LogP contribution in [0, 0.1) is 6.92 Å². The van der Waals surface area contributed by atoms with Crippen molar-refractivity contribution >= 4 is 21.6 Å². The number of nitrogens with zero attached hydrogens (tertiary/aromatic N) is 2. The van der Waals surface area contributed by atoms with Gasteiger partial charge in [-0.2, -0.15) is 4.31 Å². The van der Waals surface area contributed by atoms with Gasteiger partial charge in [0.2, 0.25) is 15.9 Å². The highest BCUT2D eigenvalue weighted by Gasteiger charge is 2.26. The lowest BCUT2D eigenvalue weighted by Crippen LogP contribution is -2.36. The molecule has 1 saturated heterocycles. The Balaban J connectivity index is 1.82. The molecule has 0 bridgehead atoms. The Bertz CT molecular complexity index is 1050. The van der Waals surface area contributed by atoms with E-state index in [0.717, 1.165) is 47.1 Å². The lowest BCUT2D eigenvalue weighted by molar-refractivity contribution is -0.116. The van der Waals surface area contributed by atoms with Gasteiger partial charge in [0.05, 0.1) is 4.90 Å². The van der Waals surface area contributed by atoms with E-state index in [0.29, 0.717) is 13.1 Å². The van der Waals surface area contributed by atoms with E-state index in [2.05, 4.69) is 5.32 Å². The van der Waals surface area contributed by atoms with Crippen molar-refractivity contribution in [2.24, 2.45) is 0 Å². The number of hydrogen-bond donors (Lipinski definition) is 1. The second kappa shape index (κ2) is 8.92. The van der Waals surface area contributed by atoms with E-state index in [9.17, 15) is 18.0 Å². The molecule has 156 valence electrons. The highest BCUT2D eigenvalue weighted by atomic mass is 32.2. The molecule has 1 amide bonds. The Kier molecular flexibility index (Phi) is 6.54. The number of carbonyl (C=O) groups excluding carboxylic acids is 1. The Labute approximate surface area is 171 Å². The number of amides is 1. The minimum absolute atomic E-state index is 0.0388. The third-order valence-corrected chi connectivity index (χ3v) is 7.11. The van der Waals surface area contributed by atoms with E-state index in [1.165, 1.54) is 22.6 Å². The van der Waals surface area contributed by atoms with E-state index in [4.69, 9.17) is 0 Å². The third-order valence-electron chi connectivity index (χ3n) is 5.23. The summed E-state index contributed by atoms with van der Waals surface area (Å²) in [5.41, 5.74) is 2.27. The number of aryl methyl sites for hydroxylation is 2. The first-order valence-corrected chi connectivity index (χ1v) is 11.4. The Hall–Kier alpha value is -2.45. The van der Waals surface area contributed by atoms with Crippen LogP contribution in [0.15, 0.2) is 46.2 Å². The standard InChI is InChI=1S/C21H27N3O4S/c1-3-17-9-7-8-16(2)21(17)22-19(25)15-23-14-18(10-11-20(23)26)29(27,28)24-12-5-4-6-13-24/h7-11,14H,3-6,12-13,15H2,1-2H3,(H,22,25). The molecule has 2 heterocycles. The molecular formula is C21H27N3O4S. The molecule has 7 nitrogen and oxygen atoms in total. The summed E-state index contributed by atoms with van der Waals surface area (Å²) in [6.45, 7) is 4.63. The molecule has 0 saturated carbocycles. The van der Waals surface area contributed by atoms with Crippen LogP contribution in [0.3, 0.4) is 0 Å². The Morgan fingerprint density at radius 1 is 1.10 bits per heavy atom. The largest absolute Gasteiger partial charge is 0.324 e. The monoisotopic (exact) mass is 417 g/mol. The number of sulfonamides is 1. The normalized spacial score (nSPS) is 15.2. The van der Waals surface area contributed by atoms with Crippen molar-refractivity contribution in [1.29, 1.82) is 0 Å². The van der Waals surface area contributed by atoms with Gasteiger partial charge in [0, 0.05) is 31.0 Å². The second-order valence-corrected chi connectivity index (χ2v) is 9.24. The molecule has 0 atom stereocenters. The van der Waals surface area contributed by atoms with Crippen molar-refractivity contribution in [3.8, 4) is 0 Å². The molecule has 1 aromatic carbocycles. The lowest BCUT2D eigenvalue weighted by Gasteiger charge is -2.26. The fourth-order valence-electron chi connectivity index (χ4n) is 3.58. The molecule has 0 unspecified atom stereocenters. The number of benzene rings is 1. The molecule has 0 radical (unpaired) electrons. The molecule has 1 aliphatic rings. The SMILES string of the molecule is CCc1cccc(C)c1NC(=O)Cn1cc(S(=O)(=O)N2CCCCC2)ccc1=O. The number of aromatic nitrogens is 1. The maximum Gasteiger partial charge on any atom is 0.251 e. The second-order valence-electron chi connectivity index (χ2n) is 7.31. The van der Waals surface area contributed by atoms with E-state index in [1.54, 1.807) is 0 Å². The molecule has 1 N–H and O–H groups in total. The molecule has 8 heteroatoms. The predicted molar refractivity (Wildman–Crippen MR) is 112 cm³/mol. The number of rotatable bonds is 6. The number of para-hydroxylation sites is 1. The molecule has 29 heavy (non-hydrogen) atoms. The van der Waals surface area contributed by atoms with Gasteiger partial charge < -0.3 is 9.88 Å². The average molecular weight is 418 g/mol. The van der Waals surface area contributed by atoms with Gasteiger partial charge >= 0.3 is 0 Å². The number of carbonyl (C=O) groups is 1. The summed E-state index contributed by atoms with van der Waals surface area (Å²) >= 11 is 0. The van der Waals surface area contributed by atoms with Crippen LogP contribution in [0.1, 0.15) is 37.3 Å². The van der Waals surface area contributed by atoms with Crippen LogP contribution in [0.4, 0.5) is 5.69 Å². The minimum atomic E-state index is -3.67. The van der Waals surface area contributed by atoms with Gasteiger partial charge in [0.1, 0.15) is 6.54 Å². The predicted octanol–water partition coefficient (Wildman–Crippen LogP) is 2.53. The first-order chi connectivity index (χ1) is 13.8. The molecule has 1 fully saturated rings. The van der Waals surface area contributed by atoms with Crippen LogP contribution in [-0.2, 0) is 27.8 Å². The van der Waals surface area contributed by atoms with Gasteiger partial charge in [0.25, 0.3) is 5.56 Å². The van der Waals surface area contributed by atoms with Crippen LogP contribution in [-0.4, -0.2) is 36.3 Å². The summed E-state index contributed by atoms with van der Waals surface area (Å²) < 4.78 is 28.3. The van der Waals surface area contributed by atoms with Crippen molar-refractivity contribution in [3.05, 3.63) is 58.0 Å². The van der Waals surface area contributed by atoms with Crippen LogP contribution in [0.25, 0.3) is 0 Å². The van der Waals surface area contributed by atoms with Crippen LogP contribution < -0.4 is 10.9 Å². The third kappa shape index (κ3) is 4.76. The fraction of sp³-hybridized carbons (Fsp3) is 0.429. The summed E-state index contributed by atoms with van der Waals surface area (Å²) in [6.07, 6.45) is 4.71. The van der Waals surface area contributed by atoms with Gasteiger partial charge in [0.15, 0.2) is 0 Å². The molecule has 3 rings (SSSR count). The molecule has 0 aliphatic carbocycles. The Morgan fingerprint density at radius 3 is 2.52 bits per heavy atom. The Morgan fingerprint density at radius 2 is 1.83 bits per heavy atom. The number of piperidine rings is 1. The van der Waals surface area contributed by atoms with Gasteiger partial charge in [-0.15, -0.1) is 0 Å². The highest BCUT2D eigenvalue weighted by Crippen LogP contribution is 2.22. The summed E-state index contributed by atoms with van der Waals surface area (Å²) in [7, 11) is -3.67. The summed E-state index contributed by atoms with van der Waals surface area (Å²) in [5, 5.41) is 2.87. The maximum absolute atomic E-state index is 12.9. The van der Waals surface area contributed by atoms with Gasteiger partial charge in [-0.05, 0) is 43.4 Å². The highest BCUT2D eigenvalue weighted by molar-refractivity contribution is 7.89. The van der Waals surface area contributed by atoms with Crippen molar-refractivity contribution in [2.75, 3.05) is 18.4 Å². The zero-order valence-electron chi connectivity index (χ0n) is 16.8. The van der Waals surface area contributed by atoms with Gasteiger partial charge in [-0.25, -0.2) is 8.42 Å². The zero-order valence-corrected chi connectivity index (χ0v) is 17.7. The molecular weight excluding hydrogens is 390 g/mol. The molecule has 2 aromatic rings. The van der Waals surface area contributed by atoms with Gasteiger partial charge in [-0.1, -0.05) is 31.5 Å². The molecule has 1 aliphatic heterocycles. The van der Waals surface area contributed by atoms with Crippen molar-refractivity contribution in [3.63, 3.8) is 0 Å². The average Bonchev–Trinajstić information content (AvgIpc) is 2.71. The topological polar surface area (TPSA) is 88.5 Å². The van der Waals surface area contributed by atoms with Crippen molar-refractivity contribution in [1.82, 2.24) is 8.87 Å². The first-order valence-electron chi connectivity index (χ1n) is 9.92.